The van der Waals surface area contributed by atoms with E-state index in [1.807, 2.05) is 24.3 Å². The van der Waals surface area contributed by atoms with Crippen molar-refractivity contribution in [3.8, 4) is 0 Å². The number of aliphatic carboxylic acids is 1. The van der Waals surface area contributed by atoms with Crippen LogP contribution in [0.2, 0.25) is 0 Å². The topological polar surface area (TPSA) is 108 Å². The van der Waals surface area contributed by atoms with Crippen LogP contribution in [0.25, 0.3) is 10.9 Å². The predicted molar refractivity (Wildman–Crippen MR) is 101 cm³/mol. The normalized spacial score (nSPS) is 12.1. The van der Waals surface area contributed by atoms with E-state index in [9.17, 15) is 19.5 Å². The van der Waals surface area contributed by atoms with Crippen molar-refractivity contribution in [2.24, 2.45) is 5.92 Å². The van der Waals surface area contributed by atoms with Crippen LogP contribution in [0.15, 0.2) is 24.3 Å². The lowest BCUT2D eigenvalue weighted by atomic mass is 9.97. The van der Waals surface area contributed by atoms with Crippen LogP contribution in [-0.2, 0) is 32.0 Å². The number of methoxy groups -OCH3 is 1. The molecule has 0 aliphatic carbocycles. The highest BCUT2D eigenvalue weighted by Crippen LogP contribution is 2.26. The van der Waals surface area contributed by atoms with Gasteiger partial charge in [0.15, 0.2) is 0 Å². The maximum Gasteiger partial charge on any atom is 0.326 e. The van der Waals surface area contributed by atoms with Crippen LogP contribution in [0.5, 0.6) is 0 Å². The number of hydrogen-bond acceptors (Lipinski definition) is 4. The molecule has 0 bridgehead atoms. The maximum absolute atomic E-state index is 12.0. The van der Waals surface area contributed by atoms with Crippen molar-refractivity contribution in [3.05, 3.63) is 35.5 Å². The molecule has 0 aliphatic heterocycles. The predicted octanol–water partition coefficient (Wildman–Crippen LogP) is 2.43. The van der Waals surface area contributed by atoms with Crippen molar-refractivity contribution in [1.82, 2.24) is 10.3 Å². The Bertz CT molecular complexity index is 825. The number of carbonyl (C=O) groups is 3. The van der Waals surface area contributed by atoms with Crippen molar-refractivity contribution >= 4 is 28.7 Å². The zero-order valence-electron chi connectivity index (χ0n) is 15.9. The summed E-state index contributed by atoms with van der Waals surface area (Å²) in [6.45, 7) is 4.19. The Balaban J connectivity index is 2.21. The van der Waals surface area contributed by atoms with Gasteiger partial charge in [0.05, 0.1) is 13.5 Å². The van der Waals surface area contributed by atoms with Crippen molar-refractivity contribution in [3.63, 3.8) is 0 Å². The first-order chi connectivity index (χ1) is 12.8. The Labute approximate surface area is 158 Å². The van der Waals surface area contributed by atoms with Gasteiger partial charge < -0.3 is 20.1 Å². The van der Waals surface area contributed by atoms with E-state index in [2.05, 4.69) is 28.9 Å². The Morgan fingerprint density at radius 1 is 1.15 bits per heavy atom. The number of ether oxygens (including phenoxy) is 1. The number of benzene rings is 1. The summed E-state index contributed by atoms with van der Waals surface area (Å²) in [5, 5.41) is 13.1. The molecule has 1 heterocycles. The molecule has 0 unspecified atom stereocenters. The quantitative estimate of drug-likeness (QED) is 0.584. The van der Waals surface area contributed by atoms with Gasteiger partial charge in [-0.2, -0.15) is 0 Å². The summed E-state index contributed by atoms with van der Waals surface area (Å²) in [7, 11) is 1.24. The van der Waals surface area contributed by atoms with Crippen LogP contribution in [0.4, 0.5) is 0 Å². The van der Waals surface area contributed by atoms with Gasteiger partial charge >= 0.3 is 11.9 Å². The molecule has 0 radical (unpaired) electrons. The van der Waals surface area contributed by atoms with Crippen LogP contribution < -0.4 is 5.32 Å². The second-order valence-corrected chi connectivity index (χ2v) is 6.96. The van der Waals surface area contributed by atoms with Crippen LogP contribution in [0.3, 0.4) is 0 Å². The van der Waals surface area contributed by atoms with Crippen LogP contribution >= 0.6 is 0 Å². The third-order valence-electron chi connectivity index (χ3n) is 4.34. The van der Waals surface area contributed by atoms with Gasteiger partial charge in [-0.05, 0) is 24.0 Å². The fourth-order valence-electron chi connectivity index (χ4n) is 3.06. The lowest BCUT2D eigenvalue weighted by Gasteiger charge is -2.16. The lowest BCUT2D eigenvalue weighted by Crippen LogP contribution is -2.42. The lowest BCUT2D eigenvalue weighted by molar-refractivity contribution is -0.143. The smallest absolute Gasteiger partial charge is 0.326 e. The number of esters is 1. The summed E-state index contributed by atoms with van der Waals surface area (Å²) in [4.78, 5) is 38.3. The number of carboxylic acid groups (broad SMARTS) is 1. The number of carbonyl (C=O) groups excluding carboxylic acids is 2. The van der Waals surface area contributed by atoms with Gasteiger partial charge in [-0.25, -0.2) is 4.79 Å². The minimum Gasteiger partial charge on any atom is -0.480 e. The molecule has 1 aromatic carbocycles. The van der Waals surface area contributed by atoms with E-state index in [-0.39, 0.29) is 19.3 Å². The van der Waals surface area contributed by atoms with E-state index in [0.29, 0.717) is 5.92 Å². The Hall–Kier alpha value is -2.83. The summed E-state index contributed by atoms with van der Waals surface area (Å²) >= 11 is 0. The summed E-state index contributed by atoms with van der Waals surface area (Å²) in [6.07, 6.45) is 0.765. The zero-order valence-corrected chi connectivity index (χ0v) is 15.9. The second kappa shape index (κ2) is 9.21. The highest BCUT2D eigenvalue weighted by atomic mass is 16.5. The largest absolute Gasteiger partial charge is 0.480 e. The number of carboxylic acids is 1. The molecule has 7 nitrogen and oxygen atoms in total. The number of amides is 1. The third-order valence-corrected chi connectivity index (χ3v) is 4.34. The molecule has 1 amide bonds. The van der Waals surface area contributed by atoms with E-state index < -0.39 is 23.9 Å². The summed E-state index contributed by atoms with van der Waals surface area (Å²) < 4.78 is 4.50. The van der Waals surface area contributed by atoms with Crippen molar-refractivity contribution in [2.75, 3.05) is 7.11 Å². The van der Waals surface area contributed by atoms with E-state index in [1.165, 1.54) is 7.11 Å². The van der Waals surface area contributed by atoms with Gasteiger partial charge in [0.2, 0.25) is 5.91 Å². The minimum absolute atomic E-state index is 0.0830. The fraction of sp³-hybridized carbons (Fsp3) is 0.450. The first-order valence-electron chi connectivity index (χ1n) is 8.99. The highest BCUT2D eigenvalue weighted by molar-refractivity contribution is 5.88. The Morgan fingerprint density at radius 2 is 1.85 bits per heavy atom. The number of nitrogens with one attached hydrogen (secondary N) is 2. The van der Waals surface area contributed by atoms with Crippen LogP contribution in [-0.4, -0.2) is 41.1 Å². The number of para-hydroxylation sites is 1. The number of aromatic amines is 1. The van der Waals surface area contributed by atoms with Crippen LogP contribution in [0.1, 0.15) is 37.9 Å². The Kier molecular flexibility index (Phi) is 6.98. The molecular weight excluding hydrogens is 348 g/mol. The molecule has 7 heteroatoms. The first-order valence-corrected chi connectivity index (χ1v) is 8.99. The SMILES string of the molecule is COC(=O)CCC(=O)N[C@@H](Cc1c(CC(C)C)[nH]c2ccccc12)C(=O)O. The molecule has 0 aliphatic rings. The number of hydrogen-bond donors (Lipinski definition) is 3. The molecule has 0 spiro atoms. The summed E-state index contributed by atoms with van der Waals surface area (Å²) in [5.41, 5.74) is 2.84. The molecule has 2 rings (SSSR count). The Morgan fingerprint density at radius 3 is 2.48 bits per heavy atom. The van der Waals surface area contributed by atoms with Gasteiger partial charge in [-0.15, -0.1) is 0 Å². The molecule has 27 heavy (non-hydrogen) atoms. The summed E-state index contributed by atoms with van der Waals surface area (Å²) in [5.74, 6) is -1.71. The third kappa shape index (κ3) is 5.57. The second-order valence-electron chi connectivity index (χ2n) is 6.96. The zero-order chi connectivity index (χ0) is 20.0. The number of fused-ring (bicyclic) bond motifs is 1. The highest BCUT2D eigenvalue weighted by Gasteiger charge is 2.24. The molecule has 0 saturated heterocycles. The van der Waals surface area contributed by atoms with Gasteiger partial charge in [0.25, 0.3) is 0 Å². The van der Waals surface area contributed by atoms with E-state index >= 15 is 0 Å². The first kappa shape index (κ1) is 20.5. The molecule has 146 valence electrons. The standard InChI is InChI=1S/C20H26N2O5/c1-12(2)10-16-14(13-6-4-5-7-15(13)21-16)11-17(20(25)26)22-18(23)8-9-19(24)27-3/h4-7,12,17,21H,8-11H2,1-3H3,(H,22,23)(H,25,26)/t17-/m0/s1. The number of H-pyrrole nitrogens is 1. The monoisotopic (exact) mass is 374 g/mol. The van der Waals surface area contributed by atoms with Gasteiger partial charge in [0, 0.05) is 29.4 Å². The number of rotatable bonds is 9. The van der Waals surface area contributed by atoms with Crippen LogP contribution in [0, 0.1) is 5.92 Å². The average molecular weight is 374 g/mol. The average Bonchev–Trinajstić information content (AvgIpc) is 2.95. The molecule has 2 aromatic rings. The maximum atomic E-state index is 12.0. The molecule has 3 N–H and O–H groups in total. The van der Waals surface area contributed by atoms with Crippen molar-refractivity contribution in [1.29, 1.82) is 0 Å². The van der Waals surface area contributed by atoms with Gasteiger partial charge in [-0.3, -0.25) is 9.59 Å². The molecule has 1 aromatic heterocycles. The molecule has 0 saturated carbocycles. The van der Waals surface area contributed by atoms with Gasteiger partial charge in [0.1, 0.15) is 6.04 Å². The van der Waals surface area contributed by atoms with Crippen molar-refractivity contribution in [2.45, 2.75) is 45.6 Å². The molecular formula is C20H26N2O5. The van der Waals surface area contributed by atoms with Gasteiger partial charge in [-0.1, -0.05) is 32.0 Å². The number of aromatic nitrogens is 1. The van der Waals surface area contributed by atoms with E-state index in [0.717, 1.165) is 28.6 Å². The van der Waals surface area contributed by atoms with E-state index in [4.69, 9.17) is 0 Å². The molecule has 1 atom stereocenters. The van der Waals surface area contributed by atoms with E-state index in [1.54, 1.807) is 0 Å². The van der Waals surface area contributed by atoms with Crippen molar-refractivity contribution < 1.29 is 24.2 Å². The fourth-order valence-corrected chi connectivity index (χ4v) is 3.06. The minimum atomic E-state index is -1.11. The summed E-state index contributed by atoms with van der Waals surface area (Å²) in [6, 6.07) is 6.66. The molecule has 0 fully saturated rings.